The summed E-state index contributed by atoms with van der Waals surface area (Å²) < 4.78 is 15.2. The number of nitrogens with one attached hydrogen (secondary N) is 1. The Balaban J connectivity index is 1.53. The van der Waals surface area contributed by atoms with Crippen LogP contribution >= 0.6 is 11.8 Å². The topological polar surface area (TPSA) is 76.9 Å². The first-order valence-electron chi connectivity index (χ1n) is 9.82. The SMILES string of the molecule is CC(=O)c1ccc(NC(=O)CSc2nnc(-c3ccc(F)cc3)n2-c2ccccc2)cc1. The third-order valence-corrected chi connectivity index (χ3v) is 5.59. The number of halogens is 1. The number of rotatable bonds is 7. The molecule has 32 heavy (non-hydrogen) atoms. The Kier molecular flexibility index (Phi) is 6.42. The molecule has 0 aliphatic heterocycles. The predicted molar refractivity (Wildman–Crippen MR) is 123 cm³/mol. The van der Waals surface area contributed by atoms with Crippen molar-refractivity contribution < 1.29 is 14.0 Å². The molecule has 8 heteroatoms. The van der Waals surface area contributed by atoms with Gasteiger partial charge < -0.3 is 5.32 Å². The number of Topliss-reactive ketones (excluding diaryl/α,β-unsaturated/α-hetero) is 1. The molecule has 4 aromatic rings. The van der Waals surface area contributed by atoms with E-state index in [0.29, 0.717) is 27.8 Å². The van der Waals surface area contributed by atoms with E-state index < -0.39 is 0 Å². The summed E-state index contributed by atoms with van der Waals surface area (Å²) in [4.78, 5) is 23.9. The fourth-order valence-electron chi connectivity index (χ4n) is 3.07. The molecule has 0 atom stereocenters. The van der Waals surface area contributed by atoms with Gasteiger partial charge >= 0.3 is 0 Å². The molecule has 0 bridgehead atoms. The summed E-state index contributed by atoms with van der Waals surface area (Å²) in [5.74, 6) is 0.0938. The highest BCUT2D eigenvalue weighted by molar-refractivity contribution is 7.99. The maximum absolute atomic E-state index is 13.4. The molecule has 3 aromatic carbocycles. The number of nitrogens with zero attached hydrogens (tertiary/aromatic N) is 3. The van der Waals surface area contributed by atoms with E-state index in [9.17, 15) is 14.0 Å². The van der Waals surface area contributed by atoms with Gasteiger partial charge in [-0.25, -0.2) is 4.39 Å². The maximum atomic E-state index is 13.4. The highest BCUT2D eigenvalue weighted by Crippen LogP contribution is 2.28. The third-order valence-electron chi connectivity index (χ3n) is 4.66. The number of ketones is 1. The Morgan fingerprint density at radius 3 is 2.28 bits per heavy atom. The summed E-state index contributed by atoms with van der Waals surface area (Å²) in [5.41, 5.74) is 2.74. The monoisotopic (exact) mass is 446 g/mol. The normalized spacial score (nSPS) is 10.7. The molecule has 6 nitrogen and oxygen atoms in total. The largest absolute Gasteiger partial charge is 0.325 e. The van der Waals surface area contributed by atoms with E-state index in [1.807, 2.05) is 34.9 Å². The van der Waals surface area contributed by atoms with Crippen LogP contribution in [0.2, 0.25) is 0 Å². The van der Waals surface area contributed by atoms with Crippen LogP contribution in [-0.2, 0) is 4.79 Å². The van der Waals surface area contributed by atoms with E-state index in [1.165, 1.54) is 30.8 Å². The number of carbonyl (C=O) groups is 2. The van der Waals surface area contributed by atoms with Gasteiger partial charge in [0.15, 0.2) is 16.8 Å². The summed E-state index contributed by atoms with van der Waals surface area (Å²) in [6.07, 6.45) is 0. The Hall–Kier alpha value is -3.78. The molecule has 0 aliphatic carbocycles. The standard InChI is InChI=1S/C24H19FN4O2S/c1-16(30)17-9-13-20(14-10-17)26-22(31)15-32-24-28-27-23(18-7-11-19(25)12-8-18)29(24)21-5-3-2-4-6-21/h2-14H,15H2,1H3,(H,26,31). The zero-order valence-corrected chi connectivity index (χ0v) is 18.0. The van der Waals surface area contributed by atoms with Crippen molar-refractivity contribution >= 4 is 29.1 Å². The second kappa shape index (κ2) is 9.57. The summed E-state index contributed by atoms with van der Waals surface area (Å²) in [6, 6.07) is 22.3. The number of benzene rings is 3. The van der Waals surface area contributed by atoms with E-state index in [1.54, 1.807) is 36.4 Å². The number of amides is 1. The lowest BCUT2D eigenvalue weighted by Crippen LogP contribution is -2.14. The van der Waals surface area contributed by atoms with Crippen LogP contribution in [0.4, 0.5) is 10.1 Å². The number of thioether (sulfide) groups is 1. The first kappa shape index (κ1) is 21.5. The van der Waals surface area contributed by atoms with Gasteiger partial charge in [-0.2, -0.15) is 0 Å². The maximum Gasteiger partial charge on any atom is 0.234 e. The minimum atomic E-state index is -0.331. The minimum Gasteiger partial charge on any atom is -0.325 e. The molecule has 160 valence electrons. The molecule has 1 heterocycles. The quantitative estimate of drug-likeness (QED) is 0.319. The van der Waals surface area contributed by atoms with Gasteiger partial charge in [-0.1, -0.05) is 30.0 Å². The number of carbonyl (C=O) groups excluding carboxylic acids is 2. The lowest BCUT2D eigenvalue weighted by Gasteiger charge is -2.10. The molecule has 0 unspecified atom stereocenters. The zero-order valence-electron chi connectivity index (χ0n) is 17.2. The summed E-state index contributed by atoms with van der Waals surface area (Å²) in [5, 5.41) is 11.9. The molecule has 0 fully saturated rings. The van der Waals surface area contributed by atoms with Crippen LogP contribution in [0.25, 0.3) is 17.1 Å². The van der Waals surface area contributed by atoms with Crippen LogP contribution in [0, 0.1) is 5.82 Å². The van der Waals surface area contributed by atoms with Crippen molar-refractivity contribution in [3.05, 3.63) is 90.2 Å². The molecule has 0 aliphatic rings. The van der Waals surface area contributed by atoms with Gasteiger partial charge in [-0.05, 0) is 67.6 Å². The Morgan fingerprint density at radius 2 is 1.62 bits per heavy atom. The van der Waals surface area contributed by atoms with Crippen molar-refractivity contribution in [3.63, 3.8) is 0 Å². The number of hydrogen-bond acceptors (Lipinski definition) is 5. The lowest BCUT2D eigenvalue weighted by atomic mass is 10.1. The molecule has 4 rings (SSSR count). The van der Waals surface area contributed by atoms with Gasteiger partial charge in [-0.3, -0.25) is 14.2 Å². The molecule has 0 saturated heterocycles. The fraction of sp³-hybridized carbons (Fsp3) is 0.0833. The molecule has 0 spiro atoms. The van der Waals surface area contributed by atoms with E-state index in [2.05, 4.69) is 15.5 Å². The average molecular weight is 447 g/mol. The van der Waals surface area contributed by atoms with Crippen molar-refractivity contribution in [1.82, 2.24) is 14.8 Å². The predicted octanol–water partition coefficient (Wildman–Crippen LogP) is 5.01. The number of anilines is 1. The number of para-hydroxylation sites is 1. The average Bonchev–Trinajstić information content (AvgIpc) is 3.23. The fourth-order valence-corrected chi connectivity index (χ4v) is 3.83. The first-order valence-corrected chi connectivity index (χ1v) is 10.8. The summed E-state index contributed by atoms with van der Waals surface area (Å²) in [7, 11) is 0. The number of hydrogen-bond donors (Lipinski definition) is 1. The van der Waals surface area contributed by atoms with Crippen molar-refractivity contribution in [2.24, 2.45) is 0 Å². The van der Waals surface area contributed by atoms with Gasteiger partial charge in [-0.15, -0.1) is 10.2 Å². The van der Waals surface area contributed by atoms with E-state index in [4.69, 9.17) is 0 Å². The van der Waals surface area contributed by atoms with Crippen LogP contribution in [-0.4, -0.2) is 32.2 Å². The van der Waals surface area contributed by atoms with Gasteiger partial charge in [0, 0.05) is 22.5 Å². The Morgan fingerprint density at radius 1 is 0.938 bits per heavy atom. The molecule has 0 radical (unpaired) electrons. The van der Waals surface area contributed by atoms with Gasteiger partial charge in [0.25, 0.3) is 0 Å². The molecule has 1 aromatic heterocycles. The van der Waals surface area contributed by atoms with Crippen LogP contribution < -0.4 is 5.32 Å². The highest BCUT2D eigenvalue weighted by Gasteiger charge is 2.17. The molecule has 1 amide bonds. The molecular weight excluding hydrogens is 427 g/mol. The molecule has 0 saturated carbocycles. The van der Waals surface area contributed by atoms with E-state index >= 15 is 0 Å². The van der Waals surface area contributed by atoms with Crippen molar-refractivity contribution in [2.45, 2.75) is 12.1 Å². The first-order chi connectivity index (χ1) is 15.5. The summed E-state index contributed by atoms with van der Waals surface area (Å²) in [6.45, 7) is 1.49. The Bertz CT molecular complexity index is 1240. The van der Waals surface area contributed by atoms with Gasteiger partial charge in [0.2, 0.25) is 5.91 Å². The van der Waals surface area contributed by atoms with Crippen LogP contribution in [0.3, 0.4) is 0 Å². The lowest BCUT2D eigenvalue weighted by molar-refractivity contribution is -0.113. The molecule has 1 N–H and O–H groups in total. The van der Waals surface area contributed by atoms with E-state index in [0.717, 1.165) is 5.69 Å². The van der Waals surface area contributed by atoms with Crippen molar-refractivity contribution in [2.75, 3.05) is 11.1 Å². The Labute approximate surface area is 188 Å². The van der Waals surface area contributed by atoms with Crippen molar-refractivity contribution in [3.8, 4) is 17.1 Å². The number of aromatic nitrogens is 3. The van der Waals surface area contributed by atoms with E-state index in [-0.39, 0.29) is 23.3 Å². The van der Waals surface area contributed by atoms with Gasteiger partial charge in [0.1, 0.15) is 5.82 Å². The van der Waals surface area contributed by atoms with Gasteiger partial charge in [0.05, 0.1) is 5.75 Å². The van der Waals surface area contributed by atoms with Crippen LogP contribution in [0.5, 0.6) is 0 Å². The summed E-state index contributed by atoms with van der Waals surface area (Å²) >= 11 is 1.25. The molecular formula is C24H19FN4O2S. The smallest absolute Gasteiger partial charge is 0.234 e. The third kappa shape index (κ3) is 4.92. The minimum absolute atomic E-state index is 0.0318. The van der Waals surface area contributed by atoms with Crippen LogP contribution in [0.15, 0.2) is 84.0 Å². The zero-order chi connectivity index (χ0) is 22.5. The second-order valence-electron chi connectivity index (χ2n) is 6.95. The van der Waals surface area contributed by atoms with Crippen molar-refractivity contribution in [1.29, 1.82) is 0 Å². The highest BCUT2D eigenvalue weighted by atomic mass is 32.2. The van der Waals surface area contributed by atoms with Crippen LogP contribution in [0.1, 0.15) is 17.3 Å². The second-order valence-corrected chi connectivity index (χ2v) is 7.90.